The van der Waals surface area contributed by atoms with Gasteiger partial charge in [0.05, 0.1) is 12.0 Å². The van der Waals surface area contributed by atoms with Gasteiger partial charge in [0, 0.05) is 18.7 Å². The summed E-state index contributed by atoms with van der Waals surface area (Å²) >= 11 is 6.79. The number of methoxy groups -OCH3 is 1. The molecule has 1 aliphatic rings. The lowest BCUT2D eigenvalue weighted by molar-refractivity contribution is -0.122. The molecule has 0 saturated carbocycles. The Bertz CT molecular complexity index is 1290. The molecular weight excluding hydrogens is 516 g/mol. The van der Waals surface area contributed by atoms with Gasteiger partial charge in [-0.15, -0.1) is 0 Å². The quantitative estimate of drug-likeness (QED) is 0.155. The standard InChI is InChI=1S/C30H30N2O4S2/c1-35-25-16-14-24(15-17-25)31-28(33)13-6-3-7-18-32-29(34)27(38-30(32)37)20-23-11-8-12-26(19-23)36-21-22-9-4-2-5-10-22/h2,4-5,8-12,14-17,19-20H,3,6-7,13,18,21H2,1H3,(H,31,33)/b27-20-. The highest BCUT2D eigenvalue weighted by Crippen LogP contribution is 2.33. The molecule has 0 aromatic heterocycles. The maximum Gasteiger partial charge on any atom is 0.266 e. The van der Waals surface area contributed by atoms with E-state index in [0.717, 1.165) is 47.6 Å². The van der Waals surface area contributed by atoms with Crippen LogP contribution in [0, 0.1) is 0 Å². The molecule has 1 fully saturated rings. The van der Waals surface area contributed by atoms with E-state index in [4.69, 9.17) is 21.7 Å². The molecule has 1 saturated heterocycles. The van der Waals surface area contributed by atoms with Crippen LogP contribution in [0.3, 0.4) is 0 Å². The van der Waals surface area contributed by atoms with Crippen molar-refractivity contribution in [3.05, 3.63) is 94.9 Å². The molecule has 3 aromatic carbocycles. The van der Waals surface area contributed by atoms with E-state index < -0.39 is 0 Å². The maximum atomic E-state index is 13.0. The first-order valence-corrected chi connectivity index (χ1v) is 13.7. The number of amides is 2. The molecule has 38 heavy (non-hydrogen) atoms. The van der Waals surface area contributed by atoms with E-state index in [1.165, 1.54) is 11.8 Å². The Labute approximate surface area is 233 Å². The molecule has 1 N–H and O–H groups in total. The fourth-order valence-corrected chi connectivity index (χ4v) is 5.22. The first-order valence-electron chi connectivity index (χ1n) is 12.5. The monoisotopic (exact) mass is 546 g/mol. The Kier molecular flexibility index (Phi) is 9.95. The minimum Gasteiger partial charge on any atom is -0.497 e. The lowest BCUT2D eigenvalue weighted by Crippen LogP contribution is -2.29. The van der Waals surface area contributed by atoms with Crippen LogP contribution in [0.4, 0.5) is 5.69 Å². The van der Waals surface area contributed by atoms with E-state index in [2.05, 4.69) is 5.32 Å². The lowest BCUT2D eigenvalue weighted by atomic mass is 10.1. The van der Waals surface area contributed by atoms with Crippen LogP contribution in [0.25, 0.3) is 6.08 Å². The van der Waals surface area contributed by atoms with Crippen molar-refractivity contribution in [2.45, 2.75) is 32.3 Å². The molecule has 1 aliphatic heterocycles. The van der Waals surface area contributed by atoms with Crippen LogP contribution in [-0.4, -0.2) is 34.7 Å². The predicted molar refractivity (Wildman–Crippen MR) is 157 cm³/mol. The highest BCUT2D eigenvalue weighted by Gasteiger charge is 2.31. The number of nitrogens with zero attached hydrogens (tertiary/aromatic N) is 1. The number of benzene rings is 3. The summed E-state index contributed by atoms with van der Waals surface area (Å²) in [6.07, 6.45) is 4.62. The summed E-state index contributed by atoms with van der Waals surface area (Å²) in [5, 5.41) is 2.89. The van der Waals surface area contributed by atoms with Crippen LogP contribution in [0.2, 0.25) is 0 Å². The van der Waals surface area contributed by atoms with Gasteiger partial charge in [0.25, 0.3) is 5.91 Å². The van der Waals surface area contributed by atoms with E-state index in [9.17, 15) is 9.59 Å². The molecule has 8 heteroatoms. The van der Waals surface area contributed by atoms with E-state index in [0.29, 0.717) is 28.8 Å². The maximum absolute atomic E-state index is 13.0. The van der Waals surface area contributed by atoms with Crippen molar-refractivity contribution in [2.24, 2.45) is 0 Å². The number of ether oxygens (including phenoxy) is 2. The van der Waals surface area contributed by atoms with Crippen LogP contribution < -0.4 is 14.8 Å². The van der Waals surface area contributed by atoms with E-state index in [1.54, 1.807) is 12.0 Å². The van der Waals surface area contributed by atoms with Gasteiger partial charge in [0.2, 0.25) is 5.91 Å². The Morgan fingerprint density at radius 1 is 0.974 bits per heavy atom. The van der Waals surface area contributed by atoms with Crippen LogP contribution in [-0.2, 0) is 16.2 Å². The fraction of sp³-hybridized carbons (Fsp3) is 0.233. The Balaban J connectivity index is 1.21. The number of carbonyl (C=O) groups excluding carboxylic acids is 2. The molecule has 0 bridgehead atoms. The number of rotatable bonds is 12. The van der Waals surface area contributed by atoms with Gasteiger partial charge in [-0.05, 0) is 66.4 Å². The summed E-state index contributed by atoms with van der Waals surface area (Å²) in [5.41, 5.74) is 2.73. The Hall–Kier alpha value is -3.62. The van der Waals surface area contributed by atoms with Crippen molar-refractivity contribution in [3.8, 4) is 11.5 Å². The largest absolute Gasteiger partial charge is 0.497 e. The first kappa shape index (κ1) is 27.4. The first-order chi connectivity index (χ1) is 18.5. The van der Waals surface area contributed by atoms with Gasteiger partial charge in [-0.25, -0.2) is 0 Å². The molecule has 196 valence electrons. The molecular formula is C30H30N2O4S2. The second-order valence-electron chi connectivity index (χ2n) is 8.77. The molecule has 0 unspecified atom stereocenters. The van der Waals surface area contributed by atoms with Crippen molar-refractivity contribution in [1.29, 1.82) is 0 Å². The van der Waals surface area contributed by atoms with E-state index in [-0.39, 0.29) is 11.8 Å². The molecule has 0 atom stereocenters. The van der Waals surface area contributed by atoms with Crippen LogP contribution in [0.1, 0.15) is 36.8 Å². The summed E-state index contributed by atoms with van der Waals surface area (Å²) < 4.78 is 11.6. The molecule has 0 radical (unpaired) electrons. The third-order valence-electron chi connectivity index (χ3n) is 5.94. The number of thiocarbonyl (C=S) groups is 1. The summed E-state index contributed by atoms with van der Waals surface area (Å²) in [5.74, 6) is 1.38. The smallest absolute Gasteiger partial charge is 0.266 e. The van der Waals surface area contributed by atoms with Gasteiger partial charge in [-0.1, -0.05) is 72.9 Å². The van der Waals surface area contributed by atoms with Crippen molar-refractivity contribution in [1.82, 2.24) is 4.90 Å². The molecule has 1 heterocycles. The molecule has 0 spiro atoms. The average molecular weight is 547 g/mol. The van der Waals surface area contributed by atoms with Crippen molar-refractivity contribution >= 4 is 51.9 Å². The van der Waals surface area contributed by atoms with Gasteiger partial charge >= 0.3 is 0 Å². The highest BCUT2D eigenvalue weighted by atomic mass is 32.2. The number of hydrogen-bond acceptors (Lipinski definition) is 6. The van der Waals surface area contributed by atoms with Crippen molar-refractivity contribution in [2.75, 3.05) is 19.0 Å². The van der Waals surface area contributed by atoms with Gasteiger partial charge in [0.1, 0.15) is 22.4 Å². The zero-order valence-corrected chi connectivity index (χ0v) is 22.9. The van der Waals surface area contributed by atoms with Crippen LogP contribution >= 0.6 is 24.0 Å². The highest BCUT2D eigenvalue weighted by molar-refractivity contribution is 8.26. The predicted octanol–water partition coefficient (Wildman–Crippen LogP) is 6.67. The average Bonchev–Trinajstić information content (AvgIpc) is 3.20. The fourth-order valence-electron chi connectivity index (χ4n) is 3.91. The van der Waals surface area contributed by atoms with Crippen molar-refractivity contribution < 1.29 is 19.1 Å². The second-order valence-corrected chi connectivity index (χ2v) is 10.4. The second kappa shape index (κ2) is 13.8. The SMILES string of the molecule is COc1ccc(NC(=O)CCCCCN2C(=O)/C(=C/c3cccc(OCc4ccccc4)c3)SC2=S)cc1. The number of nitrogens with one attached hydrogen (secondary N) is 1. The molecule has 4 rings (SSSR count). The third-order valence-corrected chi connectivity index (χ3v) is 7.31. The molecule has 3 aromatic rings. The summed E-state index contributed by atoms with van der Waals surface area (Å²) in [6, 6.07) is 24.9. The lowest BCUT2D eigenvalue weighted by Gasteiger charge is -2.14. The number of carbonyl (C=O) groups is 2. The minimum atomic E-state index is -0.0761. The number of hydrogen-bond donors (Lipinski definition) is 1. The van der Waals surface area contributed by atoms with Gasteiger partial charge in [-0.2, -0.15) is 0 Å². The topological polar surface area (TPSA) is 67.9 Å². The van der Waals surface area contributed by atoms with Gasteiger partial charge in [0.15, 0.2) is 0 Å². The van der Waals surface area contributed by atoms with E-state index >= 15 is 0 Å². The van der Waals surface area contributed by atoms with Crippen LogP contribution in [0.5, 0.6) is 11.5 Å². The zero-order chi connectivity index (χ0) is 26.7. The zero-order valence-electron chi connectivity index (χ0n) is 21.2. The van der Waals surface area contributed by atoms with Gasteiger partial charge < -0.3 is 14.8 Å². The van der Waals surface area contributed by atoms with E-state index in [1.807, 2.05) is 84.9 Å². The Morgan fingerprint density at radius 3 is 2.53 bits per heavy atom. The third kappa shape index (κ3) is 7.94. The molecule has 6 nitrogen and oxygen atoms in total. The molecule has 2 amide bonds. The minimum absolute atomic E-state index is 0.0290. The summed E-state index contributed by atoms with van der Waals surface area (Å²) in [7, 11) is 1.61. The summed E-state index contributed by atoms with van der Waals surface area (Å²) in [6.45, 7) is 1.03. The summed E-state index contributed by atoms with van der Waals surface area (Å²) in [4.78, 5) is 27.4. The normalized spacial score (nSPS) is 14.1. The molecule has 0 aliphatic carbocycles. The number of anilines is 1. The number of unbranched alkanes of at least 4 members (excludes halogenated alkanes) is 2. The van der Waals surface area contributed by atoms with Crippen LogP contribution in [0.15, 0.2) is 83.8 Å². The number of thioether (sulfide) groups is 1. The Morgan fingerprint density at radius 2 is 1.76 bits per heavy atom. The van der Waals surface area contributed by atoms with Gasteiger partial charge in [-0.3, -0.25) is 14.5 Å². The van der Waals surface area contributed by atoms with Crippen molar-refractivity contribution in [3.63, 3.8) is 0 Å².